The van der Waals surface area contributed by atoms with Gasteiger partial charge in [0, 0.05) is 37.5 Å². The average Bonchev–Trinajstić information content (AvgIpc) is 3.38. The van der Waals surface area contributed by atoms with Gasteiger partial charge in [-0.2, -0.15) is 36.0 Å². The third-order valence-electron chi connectivity index (χ3n) is 6.00. The Morgan fingerprint density at radius 2 is 1.66 bits per heavy atom. The van der Waals surface area contributed by atoms with Gasteiger partial charge in [-0.3, -0.25) is 0 Å². The molecule has 1 aliphatic rings. The maximum absolute atomic E-state index is 13.4. The van der Waals surface area contributed by atoms with Gasteiger partial charge in [0.2, 0.25) is 0 Å². The number of aryl methyl sites for hydroxylation is 1. The minimum atomic E-state index is -4.83. The summed E-state index contributed by atoms with van der Waals surface area (Å²) in [4.78, 5) is 12.0. The smallest absolute Gasteiger partial charge is 0.367 e. The minimum absolute atomic E-state index is 0.0583. The van der Waals surface area contributed by atoms with Gasteiger partial charge in [0.15, 0.2) is 22.9 Å². The molecule has 0 bridgehead atoms. The maximum atomic E-state index is 13.4. The molecule has 0 amide bonds. The molecular formula is C21H20F6N8. The summed E-state index contributed by atoms with van der Waals surface area (Å²) in [5.74, 6) is 0.441. The maximum Gasteiger partial charge on any atom is 0.435 e. The molecule has 4 aromatic heterocycles. The molecule has 2 atom stereocenters. The van der Waals surface area contributed by atoms with Gasteiger partial charge in [-0.05, 0) is 31.7 Å². The molecule has 0 saturated heterocycles. The number of rotatable bonds is 4. The molecule has 0 aromatic carbocycles. The van der Waals surface area contributed by atoms with E-state index in [0.29, 0.717) is 30.8 Å². The fourth-order valence-electron chi connectivity index (χ4n) is 4.42. The molecule has 0 spiro atoms. The topological polar surface area (TPSA) is 85.0 Å². The van der Waals surface area contributed by atoms with Crippen LogP contribution in [0.5, 0.6) is 0 Å². The van der Waals surface area contributed by atoms with Crippen molar-refractivity contribution in [2.24, 2.45) is 7.05 Å². The second-order valence-electron chi connectivity index (χ2n) is 8.55. The monoisotopic (exact) mass is 498 g/mol. The van der Waals surface area contributed by atoms with Crippen LogP contribution in [0.3, 0.4) is 0 Å². The summed E-state index contributed by atoms with van der Waals surface area (Å²) >= 11 is 0. The molecule has 4 aromatic rings. The van der Waals surface area contributed by atoms with E-state index in [2.05, 4.69) is 30.7 Å². The zero-order valence-electron chi connectivity index (χ0n) is 18.3. The second-order valence-corrected chi connectivity index (χ2v) is 8.55. The van der Waals surface area contributed by atoms with Crippen LogP contribution in [0.4, 0.5) is 38.0 Å². The number of anilines is 2. The van der Waals surface area contributed by atoms with E-state index in [1.807, 2.05) is 11.6 Å². The lowest BCUT2D eigenvalue weighted by Crippen LogP contribution is -2.35. The van der Waals surface area contributed by atoms with E-state index >= 15 is 0 Å². The summed E-state index contributed by atoms with van der Waals surface area (Å²) in [6, 6.07) is 2.62. The van der Waals surface area contributed by atoms with Gasteiger partial charge in [0.05, 0.1) is 11.8 Å². The Kier molecular flexibility index (Phi) is 5.48. The van der Waals surface area contributed by atoms with Crippen molar-refractivity contribution in [2.75, 3.05) is 10.6 Å². The number of pyridine rings is 1. The fourth-order valence-corrected chi connectivity index (χ4v) is 4.42. The SMILES string of the molecule is Cn1cnc2ccnc(NC3CCCC(Nc4cc(C(F)(F)F)nc5cc(C(F)(F)F)nn45)C3)c21. The molecule has 186 valence electrons. The molecule has 5 rings (SSSR count). The van der Waals surface area contributed by atoms with Crippen molar-refractivity contribution in [3.63, 3.8) is 0 Å². The van der Waals surface area contributed by atoms with Gasteiger partial charge in [0.1, 0.15) is 11.3 Å². The first-order valence-electron chi connectivity index (χ1n) is 10.8. The molecule has 35 heavy (non-hydrogen) atoms. The van der Waals surface area contributed by atoms with Crippen LogP contribution in [0.2, 0.25) is 0 Å². The van der Waals surface area contributed by atoms with Crippen LogP contribution in [0.25, 0.3) is 16.7 Å². The number of aromatic nitrogens is 6. The van der Waals surface area contributed by atoms with Crippen LogP contribution < -0.4 is 10.6 Å². The Morgan fingerprint density at radius 3 is 2.37 bits per heavy atom. The van der Waals surface area contributed by atoms with Crippen molar-refractivity contribution in [1.82, 2.24) is 29.1 Å². The summed E-state index contributed by atoms with van der Waals surface area (Å²) in [6.45, 7) is 0. The predicted molar refractivity (Wildman–Crippen MR) is 115 cm³/mol. The normalized spacial score (nSPS) is 19.4. The first kappa shape index (κ1) is 23.2. The molecule has 4 heterocycles. The zero-order chi connectivity index (χ0) is 25.0. The molecule has 1 aliphatic carbocycles. The van der Waals surface area contributed by atoms with Crippen molar-refractivity contribution in [3.05, 3.63) is 42.1 Å². The van der Waals surface area contributed by atoms with E-state index < -0.39 is 29.4 Å². The van der Waals surface area contributed by atoms with Crippen LogP contribution in [-0.4, -0.2) is 41.2 Å². The minimum Gasteiger partial charge on any atom is -0.367 e. The highest BCUT2D eigenvalue weighted by Gasteiger charge is 2.37. The van der Waals surface area contributed by atoms with E-state index in [9.17, 15) is 26.3 Å². The fraction of sp³-hybridized carbons (Fsp3) is 0.429. The number of nitrogens with one attached hydrogen (secondary N) is 2. The summed E-state index contributed by atoms with van der Waals surface area (Å²) < 4.78 is 82.2. The van der Waals surface area contributed by atoms with Gasteiger partial charge in [0.25, 0.3) is 0 Å². The number of hydrogen-bond donors (Lipinski definition) is 2. The number of halogens is 6. The van der Waals surface area contributed by atoms with Gasteiger partial charge in [-0.15, -0.1) is 0 Å². The van der Waals surface area contributed by atoms with Gasteiger partial charge >= 0.3 is 12.4 Å². The van der Waals surface area contributed by atoms with E-state index in [0.717, 1.165) is 28.4 Å². The first-order chi connectivity index (χ1) is 16.5. The van der Waals surface area contributed by atoms with E-state index in [1.165, 1.54) is 0 Å². The highest BCUT2D eigenvalue weighted by Crippen LogP contribution is 2.34. The van der Waals surface area contributed by atoms with Crippen molar-refractivity contribution >= 4 is 28.3 Å². The molecule has 2 unspecified atom stereocenters. The highest BCUT2D eigenvalue weighted by atomic mass is 19.4. The Labute approximate surface area is 194 Å². The number of imidazole rings is 1. The number of alkyl halides is 6. The quantitative estimate of drug-likeness (QED) is 0.390. The lowest BCUT2D eigenvalue weighted by Gasteiger charge is -2.31. The third kappa shape index (κ3) is 4.56. The zero-order valence-corrected chi connectivity index (χ0v) is 18.3. The molecule has 8 nitrogen and oxygen atoms in total. The second kappa shape index (κ2) is 8.27. The van der Waals surface area contributed by atoms with Crippen LogP contribution in [-0.2, 0) is 19.4 Å². The Bertz CT molecular complexity index is 1370. The largest absolute Gasteiger partial charge is 0.435 e. The molecule has 1 fully saturated rings. The van der Waals surface area contributed by atoms with E-state index in [1.54, 1.807) is 18.6 Å². The lowest BCUT2D eigenvalue weighted by molar-refractivity contribution is -0.142. The number of hydrogen-bond acceptors (Lipinski definition) is 6. The van der Waals surface area contributed by atoms with E-state index in [-0.39, 0.29) is 17.9 Å². The summed E-state index contributed by atoms with van der Waals surface area (Å²) in [7, 11) is 1.85. The average molecular weight is 498 g/mol. The molecule has 1 saturated carbocycles. The van der Waals surface area contributed by atoms with Crippen molar-refractivity contribution in [3.8, 4) is 0 Å². The lowest BCUT2D eigenvalue weighted by atomic mass is 9.91. The van der Waals surface area contributed by atoms with E-state index in [4.69, 9.17) is 0 Å². The van der Waals surface area contributed by atoms with Gasteiger partial charge in [-0.25, -0.2) is 15.0 Å². The van der Waals surface area contributed by atoms with Crippen molar-refractivity contribution < 1.29 is 26.3 Å². The van der Waals surface area contributed by atoms with Crippen LogP contribution in [0.15, 0.2) is 30.7 Å². The van der Waals surface area contributed by atoms with Crippen molar-refractivity contribution in [1.29, 1.82) is 0 Å². The molecule has 2 N–H and O–H groups in total. The van der Waals surface area contributed by atoms with Crippen LogP contribution in [0.1, 0.15) is 37.1 Å². The molecular weight excluding hydrogens is 478 g/mol. The Morgan fingerprint density at radius 1 is 0.943 bits per heavy atom. The summed E-state index contributed by atoms with van der Waals surface area (Å²) in [5.41, 5.74) is -1.55. The summed E-state index contributed by atoms with van der Waals surface area (Å²) in [6.07, 6.45) is -3.65. The van der Waals surface area contributed by atoms with Gasteiger partial charge < -0.3 is 15.2 Å². The standard InChI is InChI=1S/C21H20F6N8/c1-34-10-29-13-5-6-28-19(18(13)34)31-12-4-2-3-11(7-12)30-16-8-14(20(22,23)24)32-17-9-15(21(25,26)27)33-35(16)17/h5-6,8-12,30H,2-4,7H2,1H3,(H,28,31). The van der Waals surface area contributed by atoms with Crippen LogP contribution in [0, 0.1) is 0 Å². The van der Waals surface area contributed by atoms with Gasteiger partial charge in [-0.1, -0.05) is 0 Å². The summed E-state index contributed by atoms with van der Waals surface area (Å²) in [5, 5.41) is 9.82. The van der Waals surface area contributed by atoms with Crippen molar-refractivity contribution in [2.45, 2.75) is 50.1 Å². The third-order valence-corrected chi connectivity index (χ3v) is 6.00. The predicted octanol–water partition coefficient (Wildman–Crippen LogP) is 4.88. The number of fused-ring (bicyclic) bond motifs is 2. The number of nitrogens with zero attached hydrogens (tertiary/aromatic N) is 6. The highest BCUT2D eigenvalue weighted by molar-refractivity contribution is 5.86. The Balaban J connectivity index is 1.42. The Hall–Kier alpha value is -3.58. The molecule has 14 heteroatoms. The van der Waals surface area contributed by atoms with Crippen LogP contribution >= 0.6 is 0 Å². The molecule has 0 aliphatic heterocycles. The molecule has 0 radical (unpaired) electrons. The first-order valence-corrected chi connectivity index (χ1v) is 10.8.